The Labute approximate surface area is 158 Å². The van der Waals surface area contributed by atoms with Crippen LogP contribution in [0.2, 0.25) is 0 Å². The number of nitrogens with one attached hydrogen (secondary N) is 1. The third-order valence-electron chi connectivity index (χ3n) is 4.30. The number of aromatic hydroxyl groups is 1. The van der Waals surface area contributed by atoms with Gasteiger partial charge in [-0.05, 0) is 5.56 Å². The highest BCUT2D eigenvalue weighted by atomic mass is 19.1. The lowest BCUT2D eigenvalue weighted by molar-refractivity contribution is 0.0588. The van der Waals surface area contributed by atoms with E-state index in [0.717, 1.165) is 17.6 Å². The van der Waals surface area contributed by atoms with Crippen LogP contribution in [-0.2, 0) is 16.1 Å². The van der Waals surface area contributed by atoms with Crippen molar-refractivity contribution in [3.63, 3.8) is 0 Å². The van der Waals surface area contributed by atoms with Gasteiger partial charge in [-0.3, -0.25) is 9.69 Å². The van der Waals surface area contributed by atoms with Gasteiger partial charge in [-0.1, -0.05) is 30.3 Å². The van der Waals surface area contributed by atoms with Crippen LogP contribution in [0.1, 0.15) is 34.3 Å². The number of ether oxygens (including phenoxy) is 2. The Kier molecular flexibility index (Phi) is 5.57. The largest absolute Gasteiger partial charge is 0.501 e. The number of esters is 1. The molecule has 0 aliphatic carbocycles. The molecule has 1 saturated heterocycles. The number of hydrogen-bond donors (Lipinski definition) is 2. The van der Waals surface area contributed by atoms with Gasteiger partial charge in [0.25, 0.3) is 5.56 Å². The first-order valence-electron chi connectivity index (χ1n) is 8.43. The molecule has 1 aromatic heterocycles. The van der Waals surface area contributed by atoms with Crippen LogP contribution in [0.25, 0.3) is 0 Å². The van der Waals surface area contributed by atoms with Crippen molar-refractivity contribution >= 4 is 12.1 Å². The normalized spacial score (nSPS) is 18.7. The number of hydrogen-bond acceptors (Lipinski definition) is 7. The SMILES string of the molecule is COC(=O)c1nc([C@@H]2C[C@H](F)CN2C(=O)OCc2ccccc2)[nH]c(=O)c1O. The van der Waals surface area contributed by atoms with E-state index in [1.54, 1.807) is 24.3 Å². The predicted molar refractivity (Wildman–Crippen MR) is 93.4 cm³/mol. The first-order valence-corrected chi connectivity index (χ1v) is 8.43. The number of aromatic nitrogens is 2. The molecule has 1 aromatic carbocycles. The second-order valence-corrected chi connectivity index (χ2v) is 6.18. The molecule has 1 aliphatic heterocycles. The smallest absolute Gasteiger partial charge is 0.410 e. The topological polar surface area (TPSA) is 122 Å². The van der Waals surface area contributed by atoms with Crippen molar-refractivity contribution in [2.45, 2.75) is 25.2 Å². The molecule has 0 saturated carbocycles. The van der Waals surface area contributed by atoms with E-state index >= 15 is 0 Å². The van der Waals surface area contributed by atoms with Crippen molar-refractivity contribution < 1.29 is 28.6 Å². The summed E-state index contributed by atoms with van der Waals surface area (Å²) in [6.45, 7) is -0.261. The van der Waals surface area contributed by atoms with E-state index in [0.29, 0.717) is 0 Å². The number of rotatable bonds is 4. The van der Waals surface area contributed by atoms with E-state index in [4.69, 9.17) is 4.74 Å². The van der Waals surface area contributed by atoms with Gasteiger partial charge in [0, 0.05) is 6.42 Å². The predicted octanol–water partition coefficient (Wildman–Crippen LogP) is 1.68. The van der Waals surface area contributed by atoms with Crippen LogP contribution in [-0.4, -0.2) is 51.9 Å². The molecule has 148 valence electrons. The summed E-state index contributed by atoms with van der Waals surface area (Å²) >= 11 is 0. The first-order chi connectivity index (χ1) is 13.4. The third-order valence-corrected chi connectivity index (χ3v) is 4.30. The number of aromatic amines is 1. The number of nitrogens with zero attached hydrogens (tertiary/aromatic N) is 2. The lowest BCUT2D eigenvalue weighted by Gasteiger charge is -2.23. The van der Waals surface area contributed by atoms with Gasteiger partial charge in [0.2, 0.25) is 5.75 Å². The average molecular weight is 391 g/mol. The second kappa shape index (κ2) is 8.07. The monoisotopic (exact) mass is 391 g/mol. The number of methoxy groups -OCH3 is 1. The maximum absolute atomic E-state index is 14.0. The summed E-state index contributed by atoms with van der Waals surface area (Å²) < 4.78 is 23.7. The highest BCUT2D eigenvalue weighted by molar-refractivity contribution is 5.89. The van der Waals surface area contributed by atoms with E-state index in [2.05, 4.69) is 14.7 Å². The third kappa shape index (κ3) is 3.95. The summed E-state index contributed by atoms with van der Waals surface area (Å²) in [5.41, 5.74) is -0.848. The highest BCUT2D eigenvalue weighted by Gasteiger charge is 2.39. The zero-order chi connectivity index (χ0) is 20.3. The van der Waals surface area contributed by atoms with Crippen LogP contribution in [0.15, 0.2) is 35.1 Å². The van der Waals surface area contributed by atoms with Crippen molar-refractivity contribution in [1.82, 2.24) is 14.9 Å². The van der Waals surface area contributed by atoms with Crippen molar-refractivity contribution in [2.75, 3.05) is 13.7 Å². The van der Waals surface area contributed by atoms with E-state index in [1.165, 1.54) is 0 Å². The van der Waals surface area contributed by atoms with E-state index < -0.39 is 41.3 Å². The molecule has 2 aromatic rings. The number of alkyl halides is 1. The molecular weight excluding hydrogens is 373 g/mol. The van der Waals surface area contributed by atoms with E-state index in [1.807, 2.05) is 6.07 Å². The quantitative estimate of drug-likeness (QED) is 0.761. The molecular formula is C18H18FN3O6. The fraction of sp³-hybridized carbons (Fsp3) is 0.333. The first kappa shape index (κ1) is 19.3. The minimum atomic E-state index is -1.37. The number of likely N-dealkylation sites (tertiary alicyclic amines) is 1. The van der Waals surface area contributed by atoms with Crippen molar-refractivity contribution in [3.05, 3.63) is 57.8 Å². The van der Waals surface area contributed by atoms with Crippen LogP contribution in [0.4, 0.5) is 9.18 Å². The number of carbonyl (C=O) groups excluding carboxylic acids is 2. The lowest BCUT2D eigenvalue weighted by atomic mass is 10.2. The number of H-pyrrole nitrogens is 1. The molecule has 0 unspecified atom stereocenters. The molecule has 0 bridgehead atoms. The van der Waals surface area contributed by atoms with Crippen LogP contribution in [0.3, 0.4) is 0 Å². The Hall–Kier alpha value is -3.43. The summed E-state index contributed by atoms with van der Waals surface area (Å²) in [6.07, 6.45) is -2.30. The second-order valence-electron chi connectivity index (χ2n) is 6.18. The number of carbonyl (C=O) groups is 2. The van der Waals surface area contributed by atoms with E-state index in [9.17, 15) is 23.9 Å². The zero-order valence-corrected chi connectivity index (χ0v) is 14.9. The van der Waals surface area contributed by atoms with Crippen molar-refractivity contribution in [1.29, 1.82) is 0 Å². The van der Waals surface area contributed by atoms with Crippen LogP contribution in [0, 0.1) is 0 Å². The molecule has 2 N–H and O–H groups in total. The fourth-order valence-corrected chi connectivity index (χ4v) is 2.93. The molecule has 9 nitrogen and oxygen atoms in total. The Morgan fingerprint density at radius 3 is 2.75 bits per heavy atom. The molecule has 1 fully saturated rings. The Balaban J connectivity index is 1.84. The molecule has 2 heterocycles. The molecule has 1 amide bonds. The lowest BCUT2D eigenvalue weighted by Crippen LogP contribution is -2.34. The number of benzene rings is 1. The summed E-state index contributed by atoms with van der Waals surface area (Å²) in [6, 6.07) is 7.98. The highest BCUT2D eigenvalue weighted by Crippen LogP contribution is 2.32. The molecule has 0 spiro atoms. The molecule has 1 aliphatic rings. The van der Waals surface area contributed by atoms with E-state index in [-0.39, 0.29) is 25.4 Å². The van der Waals surface area contributed by atoms with Gasteiger partial charge >= 0.3 is 12.1 Å². The average Bonchev–Trinajstić information content (AvgIpc) is 3.10. The summed E-state index contributed by atoms with van der Waals surface area (Å²) in [4.78, 5) is 43.3. The van der Waals surface area contributed by atoms with Gasteiger partial charge in [0.15, 0.2) is 5.69 Å². The van der Waals surface area contributed by atoms with Gasteiger partial charge in [0.1, 0.15) is 18.6 Å². The number of halogens is 1. The standard InChI is InChI=1S/C18H18FN3O6/c1-27-17(25)13-14(23)16(24)21-15(20-13)12-7-11(19)8-22(12)18(26)28-9-10-5-3-2-4-6-10/h2-6,11-12,23H,7-9H2,1H3,(H,20,21,24)/t11-,12-/m0/s1. The minimum absolute atomic E-state index is 0.00716. The van der Waals surface area contributed by atoms with Gasteiger partial charge in [-0.2, -0.15) is 0 Å². The maximum atomic E-state index is 14.0. The molecule has 2 atom stereocenters. The molecule has 0 radical (unpaired) electrons. The molecule has 3 rings (SSSR count). The molecule has 28 heavy (non-hydrogen) atoms. The molecule has 10 heteroatoms. The van der Waals surface area contributed by atoms with Gasteiger partial charge in [-0.25, -0.2) is 19.0 Å². The van der Waals surface area contributed by atoms with Crippen LogP contribution < -0.4 is 5.56 Å². The summed E-state index contributed by atoms with van der Waals surface area (Å²) in [5.74, 6) is -2.08. The summed E-state index contributed by atoms with van der Waals surface area (Å²) in [5, 5.41) is 9.72. The fourth-order valence-electron chi connectivity index (χ4n) is 2.93. The maximum Gasteiger partial charge on any atom is 0.410 e. The summed E-state index contributed by atoms with van der Waals surface area (Å²) in [7, 11) is 1.06. The Morgan fingerprint density at radius 2 is 2.07 bits per heavy atom. The van der Waals surface area contributed by atoms with Crippen LogP contribution in [0.5, 0.6) is 5.75 Å². The zero-order valence-electron chi connectivity index (χ0n) is 14.9. The van der Waals surface area contributed by atoms with Crippen LogP contribution >= 0.6 is 0 Å². The van der Waals surface area contributed by atoms with Crippen molar-refractivity contribution in [3.8, 4) is 5.75 Å². The van der Waals surface area contributed by atoms with Gasteiger partial charge in [0.05, 0.1) is 19.7 Å². The Bertz CT molecular complexity index is 933. The van der Waals surface area contributed by atoms with Crippen molar-refractivity contribution in [2.24, 2.45) is 0 Å². The van der Waals surface area contributed by atoms with Gasteiger partial charge in [-0.15, -0.1) is 0 Å². The minimum Gasteiger partial charge on any atom is -0.501 e. The number of amides is 1. The van der Waals surface area contributed by atoms with Gasteiger partial charge < -0.3 is 19.6 Å². The Morgan fingerprint density at radius 1 is 1.36 bits per heavy atom.